The normalized spacial score (nSPS) is 11.2. The number of nitrogens with zero attached hydrogens (tertiary/aromatic N) is 6. The van der Waals surface area contributed by atoms with E-state index in [1.807, 2.05) is 41.0 Å². The number of unbranched alkanes of at least 4 members (excludes halogenated alkanes) is 1. The maximum absolute atomic E-state index is 12.8. The number of aromatic amines is 2. The molecule has 0 spiro atoms. The largest absolute Gasteiger partial charge is 0.478 e. The molecule has 5 aromatic rings. The number of hydrogen-bond donors (Lipinski definition) is 2. The number of rotatable bonds is 8. The van der Waals surface area contributed by atoms with Crippen LogP contribution in [0.3, 0.4) is 0 Å². The summed E-state index contributed by atoms with van der Waals surface area (Å²) < 4.78 is 7.35. The van der Waals surface area contributed by atoms with Gasteiger partial charge in [-0.1, -0.05) is 61.9 Å². The molecule has 3 heterocycles. The van der Waals surface area contributed by atoms with Crippen LogP contribution in [0.1, 0.15) is 31.2 Å². The predicted molar refractivity (Wildman–Crippen MR) is 127 cm³/mol. The fourth-order valence-electron chi connectivity index (χ4n) is 4.20. The maximum Gasteiger partial charge on any atom is 0.290 e. The molecule has 5 rings (SSSR count). The Morgan fingerprint density at radius 1 is 1.00 bits per heavy atom. The second kappa shape index (κ2) is 9.26. The molecule has 0 radical (unpaired) electrons. The molecule has 0 bridgehead atoms. The number of hydrogen-bond acceptors (Lipinski definition) is 7. The number of methoxy groups -OCH3 is 1. The van der Waals surface area contributed by atoms with Crippen LogP contribution in [0.5, 0.6) is 5.88 Å². The first kappa shape index (κ1) is 21.5. The van der Waals surface area contributed by atoms with Crippen molar-refractivity contribution in [3.05, 3.63) is 70.3 Å². The molecule has 0 saturated carbocycles. The number of H-pyrrole nitrogens is 2. The van der Waals surface area contributed by atoms with Crippen molar-refractivity contribution in [1.29, 1.82) is 0 Å². The maximum atomic E-state index is 12.8. The highest BCUT2D eigenvalue weighted by molar-refractivity contribution is 5.83. The first-order chi connectivity index (χ1) is 16.7. The van der Waals surface area contributed by atoms with E-state index in [0.717, 1.165) is 47.3 Å². The lowest BCUT2D eigenvalue weighted by atomic mass is 9.95. The quantitative estimate of drug-likeness (QED) is 0.366. The molecule has 0 saturated heterocycles. The molecule has 0 atom stereocenters. The fraction of sp³-hybridized carbons (Fsp3) is 0.250. The van der Waals surface area contributed by atoms with Gasteiger partial charge in [-0.15, -0.1) is 15.3 Å². The predicted octanol–water partition coefficient (Wildman–Crippen LogP) is 3.37. The molecule has 10 heteroatoms. The smallest absolute Gasteiger partial charge is 0.290 e. The minimum atomic E-state index is -0.296. The topological polar surface area (TPSA) is 127 Å². The summed E-state index contributed by atoms with van der Waals surface area (Å²) >= 11 is 0. The van der Waals surface area contributed by atoms with Crippen molar-refractivity contribution in [2.45, 2.75) is 32.7 Å². The van der Waals surface area contributed by atoms with Gasteiger partial charge in [-0.2, -0.15) is 5.21 Å². The Kier molecular flexibility index (Phi) is 5.86. The van der Waals surface area contributed by atoms with Gasteiger partial charge in [0.2, 0.25) is 5.82 Å². The van der Waals surface area contributed by atoms with E-state index in [9.17, 15) is 4.79 Å². The summed E-state index contributed by atoms with van der Waals surface area (Å²) in [5, 5.41) is 21.1. The molecule has 10 nitrogen and oxygen atoms in total. The molecular formula is C24H24N8O2. The van der Waals surface area contributed by atoms with E-state index in [-0.39, 0.29) is 5.56 Å². The monoisotopic (exact) mass is 456 g/mol. The van der Waals surface area contributed by atoms with Crippen LogP contribution in [0.2, 0.25) is 0 Å². The minimum absolute atomic E-state index is 0.296. The average Bonchev–Trinajstić information content (AvgIpc) is 3.53. The molecule has 0 fully saturated rings. The lowest BCUT2D eigenvalue weighted by molar-refractivity contribution is 0.396. The SMILES string of the molecule is CCCCc1nc2c(OC)n[nH]c(=O)c2n1Cc1ccccc1-c1ccccc1-c1nn[nH]n1. The van der Waals surface area contributed by atoms with Gasteiger partial charge in [-0.25, -0.2) is 10.1 Å². The van der Waals surface area contributed by atoms with Crippen LogP contribution in [0.4, 0.5) is 0 Å². The van der Waals surface area contributed by atoms with Crippen LogP contribution in [-0.4, -0.2) is 47.5 Å². The van der Waals surface area contributed by atoms with Crippen LogP contribution in [0, 0.1) is 0 Å². The Balaban J connectivity index is 1.67. The summed E-state index contributed by atoms with van der Waals surface area (Å²) in [5.74, 6) is 1.66. The second-order valence-electron chi connectivity index (χ2n) is 7.92. The Hall–Kier alpha value is -4.34. The highest BCUT2D eigenvalue weighted by Gasteiger charge is 2.20. The average molecular weight is 457 g/mol. The molecular weight excluding hydrogens is 432 g/mol. The number of ether oxygens (including phenoxy) is 1. The lowest BCUT2D eigenvalue weighted by Gasteiger charge is -2.15. The summed E-state index contributed by atoms with van der Waals surface area (Å²) in [4.78, 5) is 17.6. The molecule has 0 aliphatic heterocycles. The van der Waals surface area contributed by atoms with E-state index in [1.165, 1.54) is 7.11 Å². The van der Waals surface area contributed by atoms with Gasteiger partial charge in [0.25, 0.3) is 11.4 Å². The van der Waals surface area contributed by atoms with E-state index in [1.54, 1.807) is 0 Å². The lowest BCUT2D eigenvalue weighted by Crippen LogP contribution is -2.15. The van der Waals surface area contributed by atoms with Crippen LogP contribution >= 0.6 is 0 Å². The van der Waals surface area contributed by atoms with E-state index in [4.69, 9.17) is 9.72 Å². The van der Waals surface area contributed by atoms with Gasteiger partial charge in [0.05, 0.1) is 13.7 Å². The standard InChI is InChI=1S/C24H24N8O2/c1-3-4-13-19-25-20-21(23(33)28-29-24(20)34-2)32(19)14-15-9-5-6-10-16(15)17-11-7-8-12-18(17)22-26-30-31-27-22/h5-12H,3-4,13-14H2,1-2H3,(H,28,33)(H,26,27,30,31). The van der Waals surface area contributed by atoms with Gasteiger partial charge in [0.15, 0.2) is 5.52 Å². The number of fused-ring (bicyclic) bond motifs is 1. The number of aryl methyl sites for hydroxylation is 1. The zero-order chi connectivity index (χ0) is 23.5. The third kappa shape index (κ3) is 3.83. The van der Waals surface area contributed by atoms with Gasteiger partial charge >= 0.3 is 0 Å². The highest BCUT2D eigenvalue weighted by Crippen LogP contribution is 2.33. The van der Waals surface area contributed by atoms with Crippen molar-refractivity contribution >= 4 is 11.0 Å². The van der Waals surface area contributed by atoms with Gasteiger partial charge in [0, 0.05) is 12.0 Å². The molecule has 3 aromatic heterocycles. The Labute approximate surface area is 195 Å². The van der Waals surface area contributed by atoms with Crippen molar-refractivity contribution in [3.63, 3.8) is 0 Å². The molecule has 2 N–H and O–H groups in total. The number of benzene rings is 2. The summed E-state index contributed by atoms with van der Waals surface area (Å²) in [6.07, 6.45) is 2.72. The van der Waals surface area contributed by atoms with Crippen molar-refractivity contribution < 1.29 is 4.74 Å². The third-order valence-electron chi connectivity index (χ3n) is 5.82. The Morgan fingerprint density at radius 2 is 1.76 bits per heavy atom. The highest BCUT2D eigenvalue weighted by atomic mass is 16.5. The van der Waals surface area contributed by atoms with Crippen LogP contribution in [-0.2, 0) is 13.0 Å². The summed E-state index contributed by atoms with van der Waals surface area (Å²) in [5.41, 5.74) is 4.53. The molecule has 34 heavy (non-hydrogen) atoms. The van der Waals surface area contributed by atoms with E-state index < -0.39 is 0 Å². The van der Waals surface area contributed by atoms with Gasteiger partial charge in [-0.3, -0.25) is 4.79 Å². The zero-order valence-corrected chi connectivity index (χ0v) is 18.9. The zero-order valence-electron chi connectivity index (χ0n) is 18.9. The number of imidazole rings is 1. The first-order valence-electron chi connectivity index (χ1n) is 11.1. The number of nitrogens with one attached hydrogen (secondary N) is 2. The van der Waals surface area contributed by atoms with E-state index in [0.29, 0.717) is 29.3 Å². The van der Waals surface area contributed by atoms with Crippen molar-refractivity contribution in [2.75, 3.05) is 7.11 Å². The van der Waals surface area contributed by atoms with Crippen LogP contribution in [0.15, 0.2) is 53.3 Å². The second-order valence-corrected chi connectivity index (χ2v) is 7.92. The molecule has 0 aliphatic rings. The van der Waals surface area contributed by atoms with Gasteiger partial charge < -0.3 is 9.30 Å². The van der Waals surface area contributed by atoms with Gasteiger partial charge in [-0.05, 0) is 28.3 Å². The van der Waals surface area contributed by atoms with E-state index in [2.05, 4.69) is 49.9 Å². The van der Waals surface area contributed by atoms with Crippen molar-refractivity contribution in [1.82, 2.24) is 40.4 Å². The number of tetrazole rings is 1. The number of aromatic nitrogens is 8. The van der Waals surface area contributed by atoms with Crippen molar-refractivity contribution in [2.24, 2.45) is 0 Å². The van der Waals surface area contributed by atoms with Gasteiger partial charge in [0.1, 0.15) is 11.3 Å². The Bertz CT molecular complexity index is 1490. The summed E-state index contributed by atoms with van der Waals surface area (Å²) in [6, 6.07) is 16.0. The molecule has 0 amide bonds. The fourth-order valence-corrected chi connectivity index (χ4v) is 4.20. The Morgan fingerprint density at radius 3 is 2.50 bits per heavy atom. The summed E-state index contributed by atoms with van der Waals surface area (Å²) in [6.45, 7) is 2.59. The molecule has 0 unspecified atom stereocenters. The van der Waals surface area contributed by atoms with Crippen molar-refractivity contribution in [3.8, 4) is 28.4 Å². The molecule has 2 aromatic carbocycles. The minimum Gasteiger partial charge on any atom is -0.478 e. The third-order valence-corrected chi connectivity index (χ3v) is 5.82. The summed E-state index contributed by atoms with van der Waals surface area (Å²) in [7, 11) is 1.52. The molecule has 0 aliphatic carbocycles. The first-order valence-corrected chi connectivity index (χ1v) is 11.1. The molecule has 172 valence electrons. The van der Waals surface area contributed by atoms with Crippen LogP contribution in [0.25, 0.3) is 33.5 Å². The van der Waals surface area contributed by atoms with E-state index >= 15 is 0 Å². The van der Waals surface area contributed by atoms with Crippen LogP contribution < -0.4 is 10.3 Å².